The lowest BCUT2D eigenvalue weighted by atomic mass is 9.69. The van der Waals surface area contributed by atoms with Crippen molar-refractivity contribution in [3.05, 3.63) is 83.6 Å². The average Bonchev–Trinajstić information content (AvgIpc) is 3.36. The van der Waals surface area contributed by atoms with Gasteiger partial charge < -0.3 is 13.7 Å². The van der Waals surface area contributed by atoms with Crippen LogP contribution in [0.3, 0.4) is 0 Å². The zero-order valence-corrected chi connectivity index (χ0v) is 16.3. The molecule has 3 aromatic carbocycles. The molecule has 5 aromatic rings. The Bertz CT molecular complexity index is 1520. The van der Waals surface area contributed by atoms with E-state index in [0.29, 0.717) is 0 Å². The monoisotopic (exact) mass is 377 g/mol. The van der Waals surface area contributed by atoms with E-state index < -0.39 is 0 Å². The van der Waals surface area contributed by atoms with Crippen LogP contribution in [0.5, 0.6) is 5.75 Å². The Morgan fingerprint density at radius 1 is 0.897 bits per heavy atom. The second-order valence-corrected chi connectivity index (χ2v) is 8.35. The van der Waals surface area contributed by atoms with Gasteiger partial charge in [-0.3, -0.25) is 0 Å². The predicted octanol–water partition coefficient (Wildman–Crippen LogP) is 6.17. The van der Waals surface area contributed by atoms with Gasteiger partial charge in [0.1, 0.15) is 23.0 Å². The maximum absolute atomic E-state index is 6.39. The lowest BCUT2D eigenvalue weighted by Crippen LogP contribution is -2.37. The van der Waals surface area contributed by atoms with Crippen LogP contribution in [0.1, 0.15) is 23.7 Å². The summed E-state index contributed by atoms with van der Waals surface area (Å²) in [4.78, 5) is 0. The molecule has 0 amide bonds. The molecule has 29 heavy (non-hydrogen) atoms. The van der Waals surface area contributed by atoms with E-state index in [9.17, 15) is 0 Å². The van der Waals surface area contributed by atoms with Crippen LogP contribution in [-0.4, -0.2) is 10.7 Å². The summed E-state index contributed by atoms with van der Waals surface area (Å²) in [6.07, 6.45) is 4.43. The second kappa shape index (κ2) is 4.93. The molecule has 140 valence electrons. The number of ether oxygens (including phenoxy) is 1. The minimum absolute atomic E-state index is 0.00794. The van der Waals surface area contributed by atoms with Crippen LogP contribution in [-0.2, 0) is 12.5 Å². The highest BCUT2D eigenvalue weighted by Crippen LogP contribution is 2.54. The van der Waals surface area contributed by atoms with Gasteiger partial charge in [0.15, 0.2) is 0 Å². The highest BCUT2D eigenvalue weighted by molar-refractivity contribution is 6.20. The van der Waals surface area contributed by atoms with Crippen LogP contribution in [0, 0.1) is 0 Å². The quantitative estimate of drug-likeness (QED) is 0.323. The van der Waals surface area contributed by atoms with Crippen LogP contribution >= 0.6 is 0 Å². The van der Waals surface area contributed by atoms with Gasteiger partial charge in [0.25, 0.3) is 0 Å². The second-order valence-electron chi connectivity index (χ2n) is 8.35. The Morgan fingerprint density at radius 3 is 2.66 bits per heavy atom. The van der Waals surface area contributed by atoms with Gasteiger partial charge in [-0.2, -0.15) is 0 Å². The van der Waals surface area contributed by atoms with Gasteiger partial charge in [0.05, 0.1) is 5.41 Å². The first-order chi connectivity index (χ1) is 14.2. The van der Waals surface area contributed by atoms with Crippen molar-refractivity contribution < 1.29 is 9.15 Å². The predicted molar refractivity (Wildman–Crippen MR) is 117 cm³/mol. The lowest BCUT2D eigenvalue weighted by molar-refractivity contribution is 0.225. The van der Waals surface area contributed by atoms with Crippen molar-refractivity contribution in [2.75, 3.05) is 0 Å². The number of benzene rings is 3. The Kier molecular flexibility index (Phi) is 2.63. The molecule has 0 fully saturated rings. The third kappa shape index (κ3) is 1.66. The van der Waals surface area contributed by atoms with Crippen LogP contribution in [0.25, 0.3) is 38.9 Å². The average molecular weight is 377 g/mol. The van der Waals surface area contributed by atoms with E-state index in [1.54, 1.807) is 0 Å². The molecule has 2 unspecified atom stereocenters. The SMILES string of the molecule is Cn1c2c(c3c4c(ccc31)oc1ccccc14)C1(C)c3ccccc3OC1C=C2. The van der Waals surface area contributed by atoms with Crippen molar-refractivity contribution in [2.24, 2.45) is 7.05 Å². The number of aryl methyl sites for hydroxylation is 1. The fourth-order valence-corrected chi connectivity index (χ4v) is 5.58. The van der Waals surface area contributed by atoms with E-state index in [1.807, 2.05) is 6.07 Å². The molecule has 7 rings (SSSR count). The zero-order valence-electron chi connectivity index (χ0n) is 16.3. The van der Waals surface area contributed by atoms with Crippen molar-refractivity contribution in [2.45, 2.75) is 18.4 Å². The maximum Gasteiger partial charge on any atom is 0.136 e. The standard InChI is InChI=1S/C26H19NO2/c1-26-16-8-4-6-10-20(16)29-22(26)14-12-18-25(26)24-17(27(18)2)11-13-21-23(24)15-7-3-5-9-19(15)28-21/h3-14,22H,1-2H3. The summed E-state index contributed by atoms with van der Waals surface area (Å²) in [5, 5.41) is 3.65. The molecule has 1 aliphatic carbocycles. The third-order valence-electron chi connectivity index (χ3n) is 6.97. The molecule has 2 aromatic heterocycles. The minimum Gasteiger partial charge on any atom is -0.485 e. The third-order valence-corrected chi connectivity index (χ3v) is 6.97. The molecule has 3 nitrogen and oxygen atoms in total. The summed E-state index contributed by atoms with van der Waals surface area (Å²) in [5.74, 6) is 0.985. The molecule has 0 spiro atoms. The van der Waals surface area contributed by atoms with Crippen LogP contribution in [0.2, 0.25) is 0 Å². The van der Waals surface area contributed by atoms with E-state index in [4.69, 9.17) is 9.15 Å². The molecule has 3 heteroatoms. The van der Waals surface area contributed by atoms with Crippen molar-refractivity contribution in [3.63, 3.8) is 0 Å². The van der Waals surface area contributed by atoms with Gasteiger partial charge >= 0.3 is 0 Å². The summed E-state index contributed by atoms with van der Waals surface area (Å²) in [6.45, 7) is 2.33. The molecule has 0 saturated heterocycles. The molecule has 2 aliphatic rings. The summed E-state index contributed by atoms with van der Waals surface area (Å²) >= 11 is 0. The summed E-state index contributed by atoms with van der Waals surface area (Å²) in [6, 6.07) is 21.1. The number of hydrogen-bond donors (Lipinski definition) is 0. The molecule has 3 heterocycles. The largest absolute Gasteiger partial charge is 0.485 e. The van der Waals surface area contributed by atoms with E-state index in [2.05, 4.69) is 85.3 Å². The number of rotatable bonds is 0. The Hall–Kier alpha value is -3.46. The number of aromatic nitrogens is 1. The first-order valence-corrected chi connectivity index (χ1v) is 10.1. The Balaban J connectivity index is 1.73. The maximum atomic E-state index is 6.39. The van der Waals surface area contributed by atoms with Gasteiger partial charge in [-0.25, -0.2) is 0 Å². The smallest absolute Gasteiger partial charge is 0.136 e. The number of hydrogen-bond acceptors (Lipinski definition) is 2. The molecular weight excluding hydrogens is 358 g/mol. The van der Waals surface area contributed by atoms with Crippen LogP contribution in [0.15, 0.2) is 71.2 Å². The minimum atomic E-state index is -0.243. The molecule has 2 atom stereocenters. The fourth-order valence-electron chi connectivity index (χ4n) is 5.58. The highest BCUT2D eigenvalue weighted by Gasteiger charge is 2.50. The highest BCUT2D eigenvalue weighted by atomic mass is 16.5. The van der Waals surface area contributed by atoms with Gasteiger partial charge in [-0.1, -0.05) is 36.4 Å². The van der Waals surface area contributed by atoms with Gasteiger partial charge in [0.2, 0.25) is 0 Å². The Morgan fingerprint density at radius 2 is 1.72 bits per heavy atom. The van der Waals surface area contributed by atoms with Crippen molar-refractivity contribution in [1.29, 1.82) is 0 Å². The van der Waals surface area contributed by atoms with Crippen molar-refractivity contribution >= 4 is 38.9 Å². The molecule has 0 bridgehead atoms. The van der Waals surface area contributed by atoms with Gasteiger partial charge in [-0.15, -0.1) is 0 Å². The van der Waals surface area contributed by atoms with Gasteiger partial charge in [0, 0.05) is 45.5 Å². The first-order valence-electron chi connectivity index (χ1n) is 10.1. The summed E-state index contributed by atoms with van der Waals surface area (Å²) in [7, 11) is 2.16. The van der Waals surface area contributed by atoms with E-state index in [-0.39, 0.29) is 11.5 Å². The lowest BCUT2D eigenvalue weighted by Gasteiger charge is -2.32. The molecule has 1 aliphatic heterocycles. The number of fused-ring (bicyclic) bond motifs is 11. The number of para-hydroxylation sites is 2. The van der Waals surface area contributed by atoms with E-state index in [1.165, 1.54) is 38.5 Å². The van der Waals surface area contributed by atoms with Crippen LogP contribution < -0.4 is 4.74 Å². The molecule has 0 saturated carbocycles. The number of nitrogens with zero attached hydrogens (tertiary/aromatic N) is 1. The van der Waals surface area contributed by atoms with Crippen LogP contribution in [0.4, 0.5) is 0 Å². The molecule has 0 N–H and O–H groups in total. The van der Waals surface area contributed by atoms with E-state index >= 15 is 0 Å². The van der Waals surface area contributed by atoms with Gasteiger partial charge in [-0.05, 0) is 43.3 Å². The van der Waals surface area contributed by atoms with E-state index in [0.717, 1.165) is 16.9 Å². The first kappa shape index (κ1) is 15.5. The van der Waals surface area contributed by atoms with Crippen molar-refractivity contribution in [3.8, 4) is 5.75 Å². The topological polar surface area (TPSA) is 27.3 Å². The van der Waals surface area contributed by atoms with Crippen molar-refractivity contribution in [1.82, 2.24) is 4.57 Å². The Labute approximate surface area is 167 Å². The number of furan rings is 1. The molecular formula is C26H19NO2. The summed E-state index contributed by atoms with van der Waals surface area (Å²) in [5.41, 5.74) is 6.70. The summed E-state index contributed by atoms with van der Waals surface area (Å²) < 4.78 is 14.9. The zero-order chi connectivity index (χ0) is 19.3. The fraction of sp³-hybridized carbons (Fsp3) is 0.154. The normalized spacial score (nSPS) is 22.1. The molecule has 0 radical (unpaired) electrons.